The van der Waals surface area contributed by atoms with Gasteiger partial charge in [0.1, 0.15) is 0 Å². The maximum atomic E-state index is 13.3. The van der Waals surface area contributed by atoms with E-state index >= 15 is 0 Å². The summed E-state index contributed by atoms with van der Waals surface area (Å²) in [7, 11) is 0. The van der Waals surface area contributed by atoms with E-state index in [0.717, 1.165) is 34.1 Å². The number of hydrogen-bond acceptors (Lipinski definition) is 3. The van der Waals surface area contributed by atoms with E-state index in [1.54, 1.807) is 17.4 Å². The summed E-state index contributed by atoms with van der Waals surface area (Å²) in [6, 6.07) is 11.3. The van der Waals surface area contributed by atoms with Crippen LogP contribution in [0.4, 0.5) is 13.2 Å². The topological polar surface area (TPSA) is 33.2 Å². The number of carbonyl (C=O) groups excluding carboxylic acids is 1. The summed E-state index contributed by atoms with van der Waals surface area (Å²) >= 11 is 7.71. The molecule has 1 amide bonds. The van der Waals surface area contributed by atoms with Crippen LogP contribution < -0.4 is 0 Å². The lowest BCUT2D eigenvalue weighted by Gasteiger charge is -2.31. The van der Waals surface area contributed by atoms with E-state index in [1.165, 1.54) is 12.1 Å². The van der Waals surface area contributed by atoms with Crippen molar-refractivity contribution in [1.82, 2.24) is 9.88 Å². The molecule has 1 aromatic heterocycles. The third-order valence-electron chi connectivity index (χ3n) is 6.30. The molecule has 5 rings (SSSR count). The summed E-state index contributed by atoms with van der Waals surface area (Å²) in [5.41, 5.74) is 0.525. The van der Waals surface area contributed by atoms with Crippen molar-refractivity contribution < 1.29 is 18.0 Å². The smallest absolute Gasteiger partial charge is 0.342 e. The van der Waals surface area contributed by atoms with Gasteiger partial charge in [0.05, 0.1) is 20.8 Å². The molecule has 0 radical (unpaired) electrons. The van der Waals surface area contributed by atoms with Gasteiger partial charge in [-0.15, -0.1) is 11.3 Å². The van der Waals surface area contributed by atoms with Gasteiger partial charge in [-0.25, -0.2) is 4.98 Å². The highest BCUT2D eigenvalue weighted by Gasteiger charge is 2.49. The van der Waals surface area contributed by atoms with Crippen molar-refractivity contribution in [2.45, 2.75) is 37.3 Å². The third kappa shape index (κ3) is 4.05. The summed E-state index contributed by atoms with van der Waals surface area (Å²) in [5, 5.41) is 1.73. The number of carbonyl (C=O) groups is 1. The zero-order chi connectivity index (χ0) is 21.8. The molecule has 2 atom stereocenters. The van der Waals surface area contributed by atoms with Crippen LogP contribution in [-0.4, -0.2) is 28.9 Å². The molecule has 2 aromatic carbocycles. The first-order valence-electron chi connectivity index (χ1n) is 10.3. The van der Waals surface area contributed by atoms with E-state index in [9.17, 15) is 18.0 Å². The van der Waals surface area contributed by atoms with Crippen LogP contribution in [0.25, 0.3) is 10.2 Å². The van der Waals surface area contributed by atoms with Crippen molar-refractivity contribution in [2.75, 3.05) is 13.1 Å². The van der Waals surface area contributed by atoms with Gasteiger partial charge in [-0.1, -0.05) is 29.8 Å². The molecular formula is C23H20ClF3N2OS. The number of piperidine rings is 1. The van der Waals surface area contributed by atoms with Crippen molar-refractivity contribution >= 4 is 39.1 Å². The van der Waals surface area contributed by atoms with Gasteiger partial charge in [0.25, 0.3) is 0 Å². The molecule has 3 aromatic rings. The van der Waals surface area contributed by atoms with Gasteiger partial charge in [-0.3, -0.25) is 4.79 Å². The van der Waals surface area contributed by atoms with E-state index < -0.39 is 11.7 Å². The first-order chi connectivity index (χ1) is 14.8. The number of fused-ring (bicyclic) bond motifs is 1. The Hall–Kier alpha value is -2.12. The highest BCUT2D eigenvalue weighted by Crippen LogP contribution is 2.52. The van der Waals surface area contributed by atoms with E-state index in [1.807, 2.05) is 23.1 Å². The molecule has 1 aliphatic heterocycles. The van der Waals surface area contributed by atoms with Gasteiger partial charge in [-0.2, -0.15) is 13.2 Å². The summed E-state index contributed by atoms with van der Waals surface area (Å²) in [6.45, 7) is 1.23. The van der Waals surface area contributed by atoms with Crippen LogP contribution in [0.2, 0.25) is 5.02 Å². The Labute approximate surface area is 186 Å². The Morgan fingerprint density at radius 3 is 2.61 bits per heavy atom. The van der Waals surface area contributed by atoms with Gasteiger partial charge >= 0.3 is 6.18 Å². The largest absolute Gasteiger partial charge is 0.416 e. The molecule has 2 fully saturated rings. The minimum absolute atomic E-state index is 0.0171. The van der Waals surface area contributed by atoms with E-state index in [2.05, 4.69) is 0 Å². The van der Waals surface area contributed by atoms with Gasteiger partial charge in [0, 0.05) is 29.9 Å². The van der Waals surface area contributed by atoms with Crippen molar-refractivity contribution in [3.63, 3.8) is 0 Å². The molecule has 31 heavy (non-hydrogen) atoms. The molecule has 8 heteroatoms. The predicted octanol–water partition coefficient (Wildman–Crippen LogP) is 6.48. The maximum absolute atomic E-state index is 13.3. The number of hydrogen-bond donors (Lipinski definition) is 0. The lowest BCUT2D eigenvalue weighted by Crippen LogP contribution is -2.39. The fourth-order valence-electron chi connectivity index (χ4n) is 4.56. The van der Waals surface area contributed by atoms with Crippen molar-refractivity contribution in [3.8, 4) is 0 Å². The molecule has 1 saturated heterocycles. The lowest BCUT2D eigenvalue weighted by atomic mass is 9.96. The molecule has 2 heterocycles. The molecule has 1 saturated carbocycles. The van der Waals surface area contributed by atoms with Crippen molar-refractivity contribution in [3.05, 3.63) is 63.6 Å². The number of alkyl halides is 3. The van der Waals surface area contributed by atoms with Crippen LogP contribution in [0.5, 0.6) is 0 Å². The van der Waals surface area contributed by atoms with Crippen LogP contribution in [-0.2, 0) is 11.0 Å². The number of aromatic nitrogens is 1. The molecule has 162 valence electrons. The highest BCUT2D eigenvalue weighted by atomic mass is 35.5. The monoisotopic (exact) mass is 464 g/mol. The van der Waals surface area contributed by atoms with Crippen LogP contribution in [0, 0.1) is 5.92 Å². The van der Waals surface area contributed by atoms with E-state index in [-0.39, 0.29) is 23.3 Å². The molecule has 1 aliphatic carbocycles. The average molecular weight is 465 g/mol. The van der Waals surface area contributed by atoms with Gasteiger partial charge in [0.15, 0.2) is 0 Å². The predicted molar refractivity (Wildman–Crippen MR) is 115 cm³/mol. The van der Waals surface area contributed by atoms with Gasteiger partial charge < -0.3 is 4.90 Å². The maximum Gasteiger partial charge on any atom is 0.416 e. The quantitative estimate of drug-likeness (QED) is 0.444. The molecule has 2 unspecified atom stereocenters. The zero-order valence-corrected chi connectivity index (χ0v) is 18.1. The number of benzene rings is 2. The Morgan fingerprint density at radius 1 is 1.13 bits per heavy atom. The Kier molecular flexibility index (Phi) is 5.21. The molecule has 0 spiro atoms. The van der Waals surface area contributed by atoms with Crippen LogP contribution >= 0.6 is 22.9 Å². The molecule has 3 nitrogen and oxygen atoms in total. The van der Waals surface area contributed by atoms with Gasteiger partial charge in [0.2, 0.25) is 5.91 Å². The Balaban J connectivity index is 1.23. The number of rotatable bonds is 3. The Bertz CT molecular complexity index is 1140. The zero-order valence-electron chi connectivity index (χ0n) is 16.5. The van der Waals surface area contributed by atoms with Crippen molar-refractivity contribution in [2.24, 2.45) is 5.92 Å². The number of nitrogens with zero attached hydrogens (tertiary/aromatic N) is 2. The van der Waals surface area contributed by atoms with Crippen LogP contribution in [0.1, 0.15) is 47.2 Å². The fraction of sp³-hybridized carbons (Fsp3) is 0.391. The van der Waals surface area contributed by atoms with Gasteiger partial charge in [-0.05, 0) is 55.0 Å². The first-order valence-corrected chi connectivity index (χ1v) is 11.5. The SMILES string of the molecule is O=C(C1CC1c1ccccc1C(F)(F)F)N1CCC(c2nc3cc(Cl)ccc3s2)CC1. The standard InChI is InChI=1S/C23H20ClF3N2OS/c24-14-5-6-20-19(11-14)28-21(31-20)13-7-9-29(10-8-13)22(30)17-12-16(17)15-3-1-2-4-18(15)23(25,26)27/h1-6,11,13,16-17H,7-10,12H2. The van der Waals surface area contributed by atoms with E-state index in [0.29, 0.717) is 30.5 Å². The second-order valence-electron chi connectivity index (χ2n) is 8.30. The van der Waals surface area contributed by atoms with Crippen molar-refractivity contribution in [1.29, 1.82) is 0 Å². The molecular weight excluding hydrogens is 445 g/mol. The number of amides is 1. The molecule has 0 N–H and O–H groups in total. The Morgan fingerprint density at radius 2 is 1.87 bits per heavy atom. The average Bonchev–Trinajstić information content (AvgIpc) is 3.44. The summed E-state index contributed by atoms with van der Waals surface area (Å²) < 4.78 is 41.0. The lowest BCUT2D eigenvalue weighted by molar-refractivity contribution is -0.139. The number of likely N-dealkylation sites (tertiary alicyclic amines) is 1. The van der Waals surface area contributed by atoms with Crippen LogP contribution in [0.15, 0.2) is 42.5 Å². The minimum atomic E-state index is -4.40. The number of thiazole rings is 1. The minimum Gasteiger partial charge on any atom is -0.342 e. The second-order valence-corrected chi connectivity index (χ2v) is 9.80. The van der Waals surface area contributed by atoms with E-state index in [4.69, 9.17) is 16.6 Å². The fourth-order valence-corrected chi connectivity index (χ4v) is 5.85. The first kappa shape index (κ1) is 20.8. The summed E-state index contributed by atoms with van der Waals surface area (Å²) in [6.07, 6.45) is -2.28. The second kappa shape index (κ2) is 7.78. The molecule has 2 aliphatic rings. The third-order valence-corrected chi connectivity index (χ3v) is 7.73. The highest BCUT2D eigenvalue weighted by molar-refractivity contribution is 7.18. The summed E-state index contributed by atoms with van der Waals surface area (Å²) in [5.74, 6) is -0.403. The molecule has 0 bridgehead atoms. The number of halogens is 4. The van der Waals surface area contributed by atoms with Crippen LogP contribution in [0.3, 0.4) is 0 Å². The normalized spacial score (nSPS) is 22.1. The summed E-state index contributed by atoms with van der Waals surface area (Å²) in [4.78, 5) is 19.5.